The number of hydrogen-bond donors (Lipinski definition) is 1. The van der Waals surface area contributed by atoms with Crippen LogP contribution in [0.5, 0.6) is 0 Å². The number of aliphatic hydroxyl groups is 1. The Bertz CT molecular complexity index is 610. The summed E-state index contributed by atoms with van der Waals surface area (Å²) in [5.41, 5.74) is 0.0843. The molecule has 1 aromatic rings. The van der Waals surface area contributed by atoms with Crippen molar-refractivity contribution in [2.45, 2.75) is 30.8 Å². The van der Waals surface area contributed by atoms with Crippen LogP contribution in [0.25, 0.3) is 0 Å². The van der Waals surface area contributed by atoms with Crippen molar-refractivity contribution >= 4 is 41.9 Å². The second-order valence-corrected chi connectivity index (χ2v) is 8.50. The van der Waals surface area contributed by atoms with E-state index in [9.17, 15) is 13.5 Å². The number of sulfonamides is 1. The lowest BCUT2D eigenvalue weighted by molar-refractivity contribution is -0.0613. The molecule has 0 atom stereocenters. The van der Waals surface area contributed by atoms with Crippen LogP contribution in [0.3, 0.4) is 0 Å². The summed E-state index contributed by atoms with van der Waals surface area (Å²) in [6.07, 6.45) is 0.553. The fourth-order valence-corrected chi connectivity index (χ4v) is 5.21. The standard InChI is InChI=1S/C12H15Br2NO3S/c1-3-12(16)6-15(7-12)19(17,18)11-5-9(13)8(2)4-10(11)14/h4-5,16H,3,6-7H2,1-2H3. The van der Waals surface area contributed by atoms with Gasteiger partial charge in [0, 0.05) is 22.0 Å². The zero-order valence-corrected chi connectivity index (χ0v) is 14.6. The lowest BCUT2D eigenvalue weighted by Gasteiger charge is -2.44. The van der Waals surface area contributed by atoms with Gasteiger partial charge in [-0.2, -0.15) is 4.31 Å². The molecule has 7 heteroatoms. The van der Waals surface area contributed by atoms with Gasteiger partial charge in [0.25, 0.3) is 0 Å². The molecule has 0 aromatic heterocycles. The van der Waals surface area contributed by atoms with Gasteiger partial charge in [-0.1, -0.05) is 22.9 Å². The highest BCUT2D eigenvalue weighted by molar-refractivity contribution is 9.11. The summed E-state index contributed by atoms with van der Waals surface area (Å²) in [6, 6.07) is 3.36. The maximum atomic E-state index is 12.5. The van der Waals surface area contributed by atoms with Gasteiger partial charge in [-0.25, -0.2) is 8.42 Å². The van der Waals surface area contributed by atoms with Crippen LogP contribution in [0, 0.1) is 6.92 Å². The van der Waals surface area contributed by atoms with Gasteiger partial charge < -0.3 is 5.11 Å². The highest BCUT2D eigenvalue weighted by Gasteiger charge is 2.46. The van der Waals surface area contributed by atoms with Crippen molar-refractivity contribution in [3.8, 4) is 0 Å². The van der Waals surface area contributed by atoms with E-state index >= 15 is 0 Å². The molecule has 1 aliphatic rings. The van der Waals surface area contributed by atoms with Crippen LogP contribution < -0.4 is 0 Å². The lowest BCUT2D eigenvalue weighted by atomic mass is 9.94. The molecular formula is C12H15Br2NO3S. The summed E-state index contributed by atoms with van der Waals surface area (Å²) >= 11 is 6.64. The minimum Gasteiger partial charge on any atom is -0.387 e. The third-order valence-electron chi connectivity index (χ3n) is 3.43. The molecule has 1 aliphatic heterocycles. The number of nitrogens with zero attached hydrogens (tertiary/aromatic N) is 1. The average Bonchev–Trinajstić information content (AvgIpc) is 2.29. The Labute approximate surface area is 130 Å². The van der Waals surface area contributed by atoms with E-state index in [2.05, 4.69) is 31.9 Å². The van der Waals surface area contributed by atoms with Gasteiger partial charge in [-0.05, 0) is 47.0 Å². The first kappa shape index (κ1) is 15.4. The molecule has 106 valence electrons. The fraction of sp³-hybridized carbons (Fsp3) is 0.500. The number of β-amino-alcohol motifs (C(OH)–C–C–N with tert-alkyl or cyclic N) is 1. The van der Waals surface area contributed by atoms with Gasteiger partial charge in [-0.15, -0.1) is 0 Å². The van der Waals surface area contributed by atoms with E-state index in [0.29, 0.717) is 10.9 Å². The van der Waals surface area contributed by atoms with E-state index in [0.717, 1.165) is 10.0 Å². The van der Waals surface area contributed by atoms with Gasteiger partial charge in [-0.3, -0.25) is 0 Å². The van der Waals surface area contributed by atoms with Crippen LogP contribution in [-0.4, -0.2) is 36.5 Å². The quantitative estimate of drug-likeness (QED) is 0.830. The normalized spacial score (nSPS) is 19.2. The molecule has 4 nitrogen and oxygen atoms in total. The predicted octanol–water partition coefficient (Wildman–Crippen LogP) is 2.67. The Kier molecular flexibility index (Phi) is 4.15. The second-order valence-electron chi connectivity index (χ2n) is 4.88. The van der Waals surface area contributed by atoms with Crippen molar-refractivity contribution in [2.75, 3.05) is 13.1 Å². The van der Waals surface area contributed by atoms with Gasteiger partial charge in [0.15, 0.2) is 0 Å². The van der Waals surface area contributed by atoms with Crippen LogP contribution in [-0.2, 0) is 10.0 Å². The Morgan fingerprint density at radius 1 is 1.32 bits per heavy atom. The van der Waals surface area contributed by atoms with Crippen LogP contribution >= 0.6 is 31.9 Å². The minimum absolute atomic E-state index is 0.157. The summed E-state index contributed by atoms with van der Waals surface area (Å²) in [7, 11) is -3.56. The first-order valence-corrected chi connectivity index (χ1v) is 8.90. The largest absolute Gasteiger partial charge is 0.387 e. The molecule has 1 fully saturated rings. The number of benzene rings is 1. The summed E-state index contributed by atoms with van der Waals surface area (Å²) < 4.78 is 27.5. The highest BCUT2D eigenvalue weighted by atomic mass is 79.9. The van der Waals surface area contributed by atoms with Gasteiger partial charge in [0.2, 0.25) is 10.0 Å². The van der Waals surface area contributed by atoms with Crippen LogP contribution in [0.2, 0.25) is 0 Å². The molecule has 1 heterocycles. The van der Waals surface area contributed by atoms with Crippen LogP contribution in [0.4, 0.5) is 0 Å². The van der Waals surface area contributed by atoms with Gasteiger partial charge >= 0.3 is 0 Å². The van der Waals surface area contributed by atoms with Crippen molar-refractivity contribution in [1.82, 2.24) is 4.31 Å². The summed E-state index contributed by atoms with van der Waals surface area (Å²) in [5, 5.41) is 9.94. The van der Waals surface area contributed by atoms with Crippen molar-refractivity contribution in [2.24, 2.45) is 0 Å². The molecule has 0 aliphatic carbocycles. The van der Waals surface area contributed by atoms with Crippen LogP contribution in [0.15, 0.2) is 26.0 Å². The van der Waals surface area contributed by atoms with Crippen molar-refractivity contribution in [1.29, 1.82) is 0 Å². The Morgan fingerprint density at radius 3 is 2.42 bits per heavy atom. The molecule has 1 N–H and O–H groups in total. The monoisotopic (exact) mass is 411 g/mol. The molecule has 0 unspecified atom stereocenters. The van der Waals surface area contributed by atoms with E-state index < -0.39 is 15.6 Å². The second kappa shape index (κ2) is 5.11. The van der Waals surface area contributed by atoms with E-state index in [4.69, 9.17) is 0 Å². The highest BCUT2D eigenvalue weighted by Crippen LogP contribution is 2.35. The minimum atomic E-state index is -3.56. The Morgan fingerprint density at radius 2 is 1.89 bits per heavy atom. The Balaban J connectivity index is 2.35. The fourth-order valence-electron chi connectivity index (χ4n) is 1.97. The lowest BCUT2D eigenvalue weighted by Crippen LogP contribution is -2.62. The first-order chi connectivity index (χ1) is 8.69. The van der Waals surface area contributed by atoms with Crippen LogP contribution in [0.1, 0.15) is 18.9 Å². The van der Waals surface area contributed by atoms with Gasteiger partial charge in [0.1, 0.15) is 0 Å². The summed E-state index contributed by atoms with van der Waals surface area (Å²) in [6.45, 7) is 4.06. The molecule has 0 amide bonds. The predicted molar refractivity (Wildman–Crippen MR) is 80.6 cm³/mol. The maximum absolute atomic E-state index is 12.5. The molecule has 0 radical (unpaired) electrons. The van der Waals surface area contributed by atoms with Crippen molar-refractivity contribution in [3.63, 3.8) is 0 Å². The molecule has 1 saturated heterocycles. The Hall–Kier alpha value is 0.0500. The SMILES string of the molecule is CCC1(O)CN(S(=O)(=O)c2cc(Br)c(C)cc2Br)C1. The number of hydrogen-bond acceptors (Lipinski definition) is 3. The van der Waals surface area contributed by atoms with Gasteiger partial charge in [0.05, 0.1) is 10.5 Å². The van der Waals surface area contributed by atoms with E-state index in [1.807, 2.05) is 13.8 Å². The summed E-state index contributed by atoms with van der Waals surface area (Å²) in [5.74, 6) is 0. The third-order valence-corrected chi connectivity index (χ3v) is 7.03. The number of rotatable bonds is 3. The average molecular weight is 413 g/mol. The summed E-state index contributed by atoms with van der Waals surface area (Å²) in [4.78, 5) is 0.225. The number of aryl methyl sites for hydroxylation is 1. The zero-order chi connectivity index (χ0) is 14.4. The molecule has 0 saturated carbocycles. The molecule has 1 aromatic carbocycles. The molecular weight excluding hydrogens is 398 g/mol. The molecule has 19 heavy (non-hydrogen) atoms. The van der Waals surface area contributed by atoms with E-state index in [-0.39, 0.29) is 18.0 Å². The molecule has 2 rings (SSSR count). The van der Waals surface area contributed by atoms with E-state index in [1.165, 1.54) is 4.31 Å². The number of halogens is 2. The topological polar surface area (TPSA) is 57.6 Å². The third kappa shape index (κ3) is 2.76. The van der Waals surface area contributed by atoms with E-state index in [1.54, 1.807) is 12.1 Å². The molecule has 0 spiro atoms. The maximum Gasteiger partial charge on any atom is 0.244 e. The smallest absolute Gasteiger partial charge is 0.244 e. The first-order valence-electron chi connectivity index (χ1n) is 5.88. The van der Waals surface area contributed by atoms with Crippen molar-refractivity contribution in [3.05, 3.63) is 26.6 Å². The molecule has 0 bridgehead atoms. The van der Waals surface area contributed by atoms with Crippen molar-refractivity contribution < 1.29 is 13.5 Å². The zero-order valence-electron chi connectivity index (χ0n) is 10.7.